The van der Waals surface area contributed by atoms with Crippen LogP contribution in [0.2, 0.25) is 0 Å². The van der Waals surface area contributed by atoms with E-state index in [9.17, 15) is 19.2 Å². The highest BCUT2D eigenvalue weighted by Gasteiger charge is 2.50. The van der Waals surface area contributed by atoms with E-state index in [0.717, 1.165) is 0 Å². The standard InChI is InChI=1S/C17H21N3O7/c1-4-26-15(24)17(3)11-8-10(6-7-12(11)18-14(17)23)19-20(13(22)9-21)16(25)27-5-2/h6-8,19,21H,4-5,9H2,1-3H3,(H,18,23). The minimum atomic E-state index is -1.57. The highest BCUT2D eigenvalue weighted by molar-refractivity contribution is 6.19. The average Bonchev–Trinajstić information content (AvgIpc) is 2.91. The first-order chi connectivity index (χ1) is 12.8. The largest absolute Gasteiger partial charge is 0.465 e. The molecule has 0 saturated heterocycles. The number of rotatable bonds is 6. The van der Waals surface area contributed by atoms with Gasteiger partial charge in [0.2, 0.25) is 5.91 Å². The quantitative estimate of drug-likeness (QED) is 0.375. The van der Waals surface area contributed by atoms with Gasteiger partial charge in [-0.15, -0.1) is 0 Å². The molecule has 10 nitrogen and oxygen atoms in total. The molecule has 0 saturated carbocycles. The highest BCUT2D eigenvalue weighted by atomic mass is 16.6. The summed E-state index contributed by atoms with van der Waals surface area (Å²) >= 11 is 0. The summed E-state index contributed by atoms with van der Waals surface area (Å²) in [5.74, 6) is -2.19. The van der Waals surface area contributed by atoms with Crippen LogP contribution in [0, 0.1) is 0 Å². The van der Waals surface area contributed by atoms with Crippen LogP contribution in [0.15, 0.2) is 18.2 Å². The van der Waals surface area contributed by atoms with Crippen molar-refractivity contribution in [2.45, 2.75) is 26.2 Å². The van der Waals surface area contributed by atoms with Crippen molar-refractivity contribution in [2.75, 3.05) is 30.6 Å². The van der Waals surface area contributed by atoms with Crippen LogP contribution in [0.5, 0.6) is 0 Å². The van der Waals surface area contributed by atoms with Crippen LogP contribution in [0.1, 0.15) is 26.3 Å². The maximum absolute atomic E-state index is 12.3. The molecule has 1 heterocycles. The highest BCUT2D eigenvalue weighted by Crippen LogP contribution is 2.40. The van der Waals surface area contributed by atoms with Crippen LogP contribution in [0.4, 0.5) is 16.2 Å². The smallest absolute Gasteiger partial charge is 0.436 e. The molecule has 1 unspecified atom stereocenters. The molecule has 1 aromatic rings. The number of aliphatic hydroxyl groups excluding tert-OH is 1. The first-order valence-electron chi connectivity index (χ1n) is 8.29. The summed E-state index contributed by atoms with van der Waals surface area (Å²) in [6.07, 6.45) is -1.00. The summed E-state index contributed by atoms with van der Waals surface area (Å²) in [6, 6.07) is 4.46. The first kappa shape index (κ1) is 20.2. The molecule has 3 N–H and O–H groups in total. The zero-order valence-corrected chi connectivity index (χ0v) is 15.2. The number of ether oxygens (including phenoxy) is 2. The topological polar surface area (TPSA) is 134 Å². The van der Waals surface area contributed by atoms with Gasteiger partial charge in [0.15, 0.2) is 5.41 Å². The van der Waals surface area contributed by atoms with Crippen molar-refractivity contribution < 1.29 is 33.8 Å². The number of nitrogens with zero attached hydrogens (tertiary/aromatic N) is 1. The lowest BCUT2D eigenvalue weighted by Crippen LogP contribution is -2.43. The van der Waals surface area contributed by atoms with Crippen LogP contribution in [0.25, 0.3) is 0 Å². The number of amides is 3. The van der Waals surface area contributed by atoms with Crippen molar-refractivity contribution in [2.24, 2.45) is 0 Å². The molecule has 0 fully saturated rings. The molecule has 0 spiro atoms. The summed E-state index contributed by atoms with van der Waals surface area (Å²) < 4.78 is 9.78. The number of imide groups is 1. The molecule has 3 amide bonds. The monoisotopic (exact) mass is 379 g/mol. The summed E-state index contributed by atoms with van der Waals surface area (Å²) in [5, 5.41) is 12.2. The van der Waals surface area contributed by atoms with Crippen LogP contribution in [0.3, 0.4) is 0 Å². The SMILES string of the molecule is CCOC(=O)N(Nc1ccc2c(c1)C(C)(C(=O)OCC)C(=O)N2)C(=O)CO. The van der Waals surface area contributed by atoms with Gasteiger partial charge in [0.1, 0.15) is 6.61 Å². The van der Waals surface area contributed by atoms with Crippen molar-refractivity contribution in [3.63, 3.8) is 0 Å². The third kappa shape index (κ3) is 3.70. The first-order valence-corrected chi connectivity index (χ1v) is 8.29. The zero-order chi connectivity index (χ0) is 20.2. The predicted molar refractivity (Wildman–Crippen MR) is 93.6 cm³/mol. The van der Waals surface area contributed by atoms with Gasteiger partial charge in [-0.25, -0.2) is 4.79 Å². The van der Waals surface area contributed by atoms with Crippen LogP contribution < -0.4 is 10.7 Å². The Labute approximate surface area is 155 Å². The molecule has 2 rings (SSSR count). The van der Waals surface area contributed by atoms with Crippen molar-refractivity contribution in [1.29, 1.82) is 0 Å². The number of benzene rings is 1. The Kier molecular flexibility index (Phi) is 6.01. The van der Waals surface area contributed by atoms with Gasteiger partial charge in [-0.1, -0.05) is 0 Å². The number of carbonyl (C=O) groups is 4. The predicted octanol–water partition coefficient (Wildman–Crippen LogP) is 0.764. The molecule has 0 aromatic heterocycles. The van der Waals surface area contributed by atoms with E-state index in [1.807, 2.05) is 0 Å². The lowest BCUT2D eigenvalue weighted by molar-refractivity contribution is -0.152. The van der Waals surface area contributed by atoms with E-state index in [2.05, 4.69) is 10.7 Å². The minimum absolute atomic E-state index is 0.0270. The molecule has 0 radical (unpaired) electrons. The molecule has 10 heteroatoms. The fourth-order valence-electron chi connectivity index (χ4n) is 2.58. The average molecular weight is 379 g/mol. The van der Waals surface area contributed by atoms with Crippen LogP contribution in [-0.2, 0) is 29.3 Å². The van der Waals surface area contributed by atoms with Gasteiger partial charge in [0.05, 0.1) is 18.9 Å². The van der Waals surface area contributed by atoms with E-state index in [-0.39, 0.29) is 18.9 Å². The number of hydrogen-bond acceptors (Lipinski definition) is 8. The van der Waals surface area contributed by atoms with E-state index in [4.69, 9.17) is 14.6 Å². The van der Waals surface area contributed by atoms with Gasteiger partial charge >= 0.3 is 12.1 Å². The second-order valence-electron chi connectivity index (χ2n) is 5.76. The number of carbonyl (C=O) groups excluding carboxylic acids is 4. The lowest BCUT2D eigenvalue weighted by atomic mass is 9.83. The van der Waals surface area contributed by atoms with Crippen molar-refractivity contribution >= 4 is 35.3 Å². The molecule has 0 bridgehead atoms. The third-order valence-corrected chi connectivity index (χ3v) is 4.02. The van der Waals surface area contributed by atoms with Crippen molar-refractivity contribution in [3.8, 4) is 0 Å². The van der Waals surface area contributed by atoms with Gasteiger partial charge in [-0.05, 0) is 39.0 Å². The molecule has 1 aliphatic rings. The van der Waals surface area contributed by atoms with E-state index < -0.39 is 35.9 Å². The Morgan fingerprint density at radius 2 is 1.89 bits per heavy atom. The Bertz CT molecular complexity index is 780. The number of esters is 1. The Morgan fingerprint density at radius 3 is 2.48 bits per heavy atom. The Morgan fingerprint density at radius 1 is 1.22 bits per heavy atom. The normalized spacial score (nSPS) is 17.6. The number of hydrazine groups is 1. The fourth-order valence-corrected chi connectivity index (χ4v) is 2.58. The summed E-state index contributed by atoms with van der Waals surface area (Å²) in [4.78, 5) is 48.4. The Hall–Kier alpha value is -3.14. The van der Waals surface area contributed by atoms with Crippen molar-refractivity contribution in [3.05, 3.63) is 23.8 Å². The fraction of sp³-hybridized carbons (Fsp3) is 0.412. The van der Waals surface area contributed by atoms with Crippen LogP contribution >= 0.6 is 0 Å². The third-order valence-electron chi connectivity index (χ3n) is 4.02. The van der Waals surface area contributed by atoms with E-state index >= 15 is 0 Å². The molecule has 27 heavy (non-hydrogen) atoms. The van der Waals surface area contributed by atoms with Gasteiger partial charge in [0.25, 0.3) is 5.91 Å². The van der Waals surface area contributed by atoms with Crippen LogP contribution in [-0.4, -0.2) is 53.8 Å². The van der Waals surface area contributed by atoms with E-state index in [1.165, 1.54) is 25.1 Å². The van der Waals surface area contributed by atoms with Gasteiger partial charge in [-0.2, -0.15) is 5.01 Å². The molecule has 1 atom stereocenters. The zero-order valence-electron chi connectivity index (χ0n) is 15.2. The Balaban J connectivity index is 2.38. The number of anilines is 2. The van der Waals surface area contributed by atoms with Gasteiger partial charge < -0.3 is 19.9 Å². The molecule has 146 valence electrons. The lowest BCUT2D eigenvalue weighted by Gasteiger charge is -2.23. The van der Waals surface area contributed by atoms with Gasteiger partial charge in [-0.3, -0.25) is 19.8 Å². The molecule has 1 aliphatic heterocycles. The number of hydrogen-bond donors (Lipinski definition) is 3. The van der Waals surface area contributed by atoms with Gasteiger partial charge in [0, 0.05) is 11.3 Å². The molecular weight excluding hydrogens is 358 g/mol. The second-order valence-corrected chi connectivity index (χ2v) is 5.76. The summed E-state index contributed by atoms with van der Waals surface area (Å²) in [5.41, 5.74) is 1.93. The number of aliphatic hydroxyl groups is 1. The number of nitrogens with one attached hydrogen (secondary N) is 2. The second kappa shape index (κ2) is 8.04. The number of fused-ring (bicyclic) bond motifs is 1. The molecular formula is C17H21N3O7. The maximum atomic E-state index is 12.3. The molecule has 1 aromatic carbocycles. The summed E-state index contributed by atoms with van der Waals surface area (Å²) in [7, 11) is 0. The van der Waals surface area contributed by atoms with Crippen molar-refractivity contribution in [1.82, 2.24) is 5.01 Å². The molecule has 0 aliphatic carbocycles. The minimum Gasteiger partial charge on any atom is -0.465 e. The van der Waals surface area contributed by atoms with E-state index in [1.54, 1.807) is 13.8 Å². The summed E-state index contributed by atoms with van der Waals surface area (Å²) in [6.45, 7) is 3.84. The van der Waals surface area contributed by atoms with E-state index in [0.29, 0.717) is 16.3 Å². The maximum Gasteiger partial charge on any atom is 0.436 e.